The Kier molecular flexibility index (Phi) is 4.01. The van der Waals surface area contributed by atoms with Crippen LogP contribution in [-0.2, 0) is 0 Å². The van der Waals surface area contributed by atoms with E-state index < -0.39 is 0 Å². The highest BCUT2D eigenvalue weighted by Crippen LogP contribution is 2.25. The summed E-state index contributed by atoms with van der Waals surface area (Å²) in [6.07, 6.45) is 2.15. The minimum Gasteiger partial charge on any atom is -0.394 e. The molecule has 1 fully saturated rings. The number of nitrogens with one attached hydrogen (secondary N) is 1. The van der Waals surface area contributed by atoms with Gasteiger partial charge in [0.1, 0.15) is 17.5 Å². The lowest BCUT2D eigenvalue weighted by atomic mass is 10.2. The fraction of sp³-hybridized carbons (Fsp3) is 0.692. The van der Waals surface area contributed by atoms with Gasteiger partial charge in [-0.1, -0.05) is 0 Å². The van der Waals surface area contributed by atoms with E-state index in [-0.39, 0.29) is 12.6 Å². The number of nitrogens with zero attached hydrogens (tertiary/aromatic N) is 3. The van der Waals surface area contributed by atoms with Gasteiger partial charge in [0.05, 0.1) is 12.6 Å². The van der Waals surface area contributed by atoms with Crippen molar-refractivity contribution in [2.45, 2.75) is 45.7 Å². The summed E-state index contributed by atoms with van der Waals surface area (Å²) in [5.41, 5.74) is 0. The molecule has 2 N–H and O–H groups in total. The predicted molar refractivity (Wildman–Crippen MR) is 73.0 cm³/mol. The molecule has 1 unspecified atom stereocenters. The van der Waals surface area contributed by atoms with E-state index in [9.17, 15) is 5.11 Å². The number of rotatable bonds is 4. The van der Waals surface area contributed by atoms with E-state index in [1.165, 1.54) is 0 Å². The highest BCUT2D eigenvalue weighted by molar-refractivity contribution is 5.51. The van der Waals surface area contributed by atoms with E-state index in [1.54, 1.807) is 0 Å². The SMILES string of the molecule is Cc1nc(NC(C)C)cc(N2CCCC2CO)n1. The zero-order chi connectivity index (χ0) is 13.1. The number of hydrogen-bond donors (Lipinski definition) is 2. The van der Waals surface area contributed by atoms with Crippen LogP contribution in [0.15, 0.2) is 6.07 Å². The third-order valence-corrected chi connectivity index (χ3v) is 3.14. The number of aliphatic hydroxyl groups excluding tert-OH is 1. The first kappa shape index (κ1) is 13.1. The van der Waals surface area contributed by atoms with Crippen molar-refractivity contribution in [1.29, 1.82) is 0 Å². The van der Waals surface area contributed by atoms with Crippen molar-refractivity contribution in [3.63, 3.8) is 0 Å². The molecule has 1 aromatic heterocycles. The lowest BCUT2D eigenvalue weighted by molar-refractivity contribution is 0.266. The molecule has 0 amide bonds. The van der Waals surface area contributed by atoms with Crippen LogP contribution in [0.4, 0.5) is 11.6 Å². The van der Waals surface area contributed by atoms with Crippen molar-refractivity contribution in [2.75, 3.05) is 23.4 Å². The topological polar surface area (TPSA) is 61.3 Å². The molecule has 18 heavy (non-hydrogen) atoms. The largest absolute Gasteiger partial charge is 0.394 e. The first-order valence-corrected chi connectivity index (χ1v) is 6.60. The second-order valence-corrected chi connectivity index (χ2v) is 5.13. The molecule has 1 saturated heterocycles. The van der Waals surface area contributed by atoms with Gasteiger partial charge in [-0.05, 0) is 33.6 Å². The van der Waals surface area contributed by atoms with E-state index in [0.717, 1.165) is 36.8 Å². The van der Waals surface area contributed by atoms with Crippen molar-refractivity contribution >= 4 is 11.6 Å². The highest BCUT2D eigenvalue weighted by atomic mass is 16.3. The fourth-order valence-electron chi connectivity index (χ4n) is 2.40. The first-order valence-electron chi connectivity index (χ1n) is 6.60. The Bertz CT molecular complexity index is 408. The van der Waals surface area contributed by atoms with E-state index in [4.69, 9.17) is 0 Å². The second-order valence-electron chi connectivity index (χ2n) is 5.13. The van der Waals surface area contributed by atoms with Crippen LogP contribution >= 0.6 is 0 Å². The van der Waals surface area contributed by atoms with Crippen LogP contribution in [0.5, 0.6) is 0 Å². The van der Waals surface area contributed by atoms with Gasteiger partial charge in [-0.15, -0.1) is 0 Å². The summed E-state index contributed by atoms with van der Waals surface area (Å²) in [6.45, 7) is 7.23. The van der Waals surface area contributed by atoms with E-state index in [0.29, 0.717) is 6.04 Å². The summed E-state index contributed by atoms with van der Waals surface area (Å²) in [5, 5.41) is 12.7. The second kappa shape index (κ2) is 5.52. The van der Waals surface area contributed by atoms with Gasteiger partial charge < -0.3 is 15.3 Å². The molecule has 2 heterocycles. The zero-order valence-electron chi connectivity index (χ0n) is 11.3. The van der Waals surface area contributed by atoms with Gasteiger partial charge in [0.15, 0.2) is 0 Å². The molecule has 0 radical (unpaired) electrons. The number of aromatic nitrogens is 2. The van der Waals surface area contributed by atoms with E-state index >= 15 is 0 Å². The van der Waals surface area contributed by atoms with E-state index in [1.807, 2.05) is 13.0 Å². The Balaban J connectivity index is 2.24. The molecule has 0 bridgehead atoms. The van der Waals surface area contributed by atoms with E-state index in [2.05, 4.69) is 34.0 Å². The van der Waals surface area contributed by atoms with Crippen molar-refractivity contribution in [3.05, 3.63) is 11.9 Å². The number of hydrogen-bond acceptors (Lipinski definition) is 5. The van der Waals surface area contributed by atoms with Crippen LogP contribution in [0.2, 0.25) is 0 Å². The van der Waals surface area contributed by atoms with Gasteiger partial charge in [-0.25, -0.2) is 9.97 Å². The van der Waals surface area contributed by atoms with Gasteiger partial charge in [0.2, 0.25) is 0 Å². The third kappa shape index (κ3) is 2.90. The molecule has 1 aromatic rings. The minimum atomic E-state index is 0.190. The van der Waals surface area contributed by atoms with Crippen molar-refractivity contribution < 1.29 is 5.11 Å². The van der Waals surface area contributed by atoms with Crippen LogP contribution in [0.25, 0.3) is 0 Å². The van der Waals surface area contributed by atoms with Crippen molar-refractivity contribution in [1.82, 2.24) is 9.97 Å². The van der Waals surface area contributed by atoms with Crippen LogP contribution in [0.1, 0.15) is 32.5 Å². The van der Waals surface area contributed by atoms with Crippen LogP contribution in [0, 0.1) is 6.92 Å². The molecule has 1 aliphatic rings. The smallest absolute Gasteiger partial charge is 0.134 e. The predicted octanol–water partition coefficient (Wildman–Crippen LogP) is 1.57. The molecule has 1 aliphatic heterocycles. The standard InChI is InChI=1S/C13H22N4O/c1-9(2)14-12-7-13(16-10(3)15-12)17-6-4-5-11(17)8-18/h7,9,11,18H,4-6,8H2,1-3H3,(H,14,15,16). The molecule has 5 nitrogen and oxygen atoms in total. The summed E-state index contributed by atoms with van der Waals surface area (Å²) in [7, 11) is 0. The highest BCUT2D eigenvalue weighted by Gasteiger charge is 2.25. The van der Waals surface area contributed by atoms with Crippen molar-refractivity contribution in [2.24, 2.45) is 0 Å². The van der Waals surface area contributed by atoms with Gasteiger partial charge >= 0.3 is 0 Å². The Morgan fingerprint density at radius 1 is 1.50 bits per heavy atom. The average molecular weight is 250 g/mol. The summed E-state index contributed by atoms with van der Waals surface area (Å²) in [4.78, 5) is 11.1. The lowest BCUT2D eigenvalue weighted by Gasteiger charge is -2.25. The monoisotopic (exact) mass is 250 g/mol. The quantitative estimate of drug-likeness (QED) is 0.849. The summed E-state index contributed by atoms with van der Waals surface area (Å²) < 4.78 is 0. The number of aliphatic hydroxyl groups is 1. The summed E-state index contributed by atoms with van der Waals surface area (Å²) in [6, 6.07) is 2.52. The van der Waals surface area contributed by atoms with Gasteiger partial charge in [0, 0.05) is 18.7 Å². The van der Waals surface area contributed by atoms with Crippen LogP contribution in [0.3, 0.4) is 0 Å². The van der Waals surface area contributed by atoms with Crippen LogP contribution < -0.4 is 10.2 Å². The molecule has 0 saturated carbocycles. The minimum absolute atomic E-state index is 0.190. The molecule has 5 heteroatoms. The maximum absolute atomic E-state index is 9.38. The number of aryl methyl sites for hydroxylation is 1. The molecule has 0 aliphatic carbocycles. The van der Waals surface area contributed by atoms with Gasteiger partial charge in [-0.2, -0.15) is 0 Å². The van der Waals surface area contributed by atoms with Crippen LogP contribution in [-0.4, -0.2) is 40.3 Å². The molecule has 2 rings (SSSR count). The first-order chi connectivity index (χ1) is 8.60. The molecule has 100 valence electrons. The Labute approximate surface area is 108 Å². The fourth-order valence-corrected chi connectivity index (χ4v) is 2.40. The summed E-state index contributed by atoms with van der Waals surface area (Å²) in [5.74, 6) is 2.54. The molecule has 0 spiro atoms. The zero-order valence-corrected chi connectivity index (χ0v) is 11.3. The maximum Gasteiger partial charge on any atom is 0.134 e. The van der Waals surface area contributed by atoms with Gasteiger partial charge in [-0.3, -0.25) is 0 Å². The number of anilines is 2. The molecular weight excluding hydrogens is 228 g/mol. The molecule has 1 atom stereocenters. The summed E-state index contributed by atoms with van der Waals surface area (Å²) >= 11 is 0. The normalized spacial score (nSPS) is 19.6. The lowest BCUT2D eigenvalue weighted by Crippen LogP contribution is -2.33. The third-order valence-electron chi connectivity index (χ3n) is 3.14. The maximum atomic E-state index is 9.38. The Morgan fingerprint density at radius 2 is 2.28 bits per heavy atom. The van der Waals surface area contributed by atoms with Crippen molar-refractivity contribution in [3.8, 4) is 0 Å². The Hall–Kier alpha value is -1.36. The Morgan fingerprint density at radius 3 is 2.94 bits per heavy atom. The molecular formula is C13H22N4O. The van der Waals surface area contributed by atoms with Gasteiger partial charge in [0.25, 0.3) is 0 Å². The average Bonchev–Trinajstić information content (AvgIpc) is 2.75. The molecule has 0 aromatic carbocycles.